The van der Waals surface area contributed by atoms with Gasteiger partial charge < -0.3 is 15.8 Å². The van der Waals surface area contributed by atoms with Gasteiger partial charge in [-0.15, -0.1) is 0 Å². The third-order valence-electron chi connectivity index (χ3n) is 2.01. The fourth-order valence-corrected chi connectivity index (χ4v) is 1.23. The van der Waals surface area contributed by atoms with Crippen molar-refractivity contribution in [2.75, 3.05) is 24.2 Å². The number of nitrogens with two attached hydrogens (primary N) is 1. The van der Waals surface area contributed by atoms with Gasteiger partial charge in [-0.25, -0.2) is 4.39 Å². The number of halogens is 1. The molecule has 0 saturated carbocycles. The van der Waals surface area contributed by atoms with Crippen LogP contribution in [0, 0.1) is 5.82 Å². The molecule has 90 valence electrons. The van der Waals surface area contributed by atoms with Gasteiger partial charge in [0.25, 0.3) is 0 Å². The molecule has 0 fully saturated rings. The number of nitrogen functional groups attached to an aromatic ring is 1. The van der Waals surface area contributed by atoms with Crippen molar-refractivity contribution in [2.45, 2.75) is 26.4 Å². The molecule has 0 aliphatic carbocycles. The molecular formula is C12H19FN2O. The quantitative estimate of drug-likeness (QED) is 0.613. The molecule has 0 spiro atoms. The van der Waals surface area contributed by atoms with Gasteiger partial charge in [-0.3, -0.25) is 0 Å². The summed E-state index contributed by atoms with van der Waals surface area (Å²) in [6, 6.07) is 4.71. The minimum absolute atomic E-state index is 0.151. The lowest BCUT2D eigenvalue weighted by atomic mass is 10.2. The first-order chi connectivity index (χ1) is 7.40. The van der Waals surface area contributed by atoms with E-state index in [-0.39, 0.29) is 11.3 Å². The van der Waals surface area contributed by atoms with Crippen LogP contribution in [-0.4, -0.2) is 18.8 Å². The van der Waals surface area contributed by atoms with E-state index in [9.17, 15) is 4.39 Å². The van der Waals surface area contributed by atoms with Crippen LogP contribution >= 0.6 is 0 Å². The highest BCUT2D eigenvalue weighted by Gasteiger charge is 2.09. The first-order valence-corrected chi connectivity index (χ1v) is 5.32. The summed E-state index contributed by atoms with van der Waals surface area (Å²) in [7, 11) is 0. The van der Waals surface area contributed by atoms with Crippen molar-refractivity contribution < 1.29 is 9.13 Å². The zero-order chi connectivity index (χ0) is 12.2. The van der Waals surface area contributed by atoms with Gasteiger partial charge in [0.15, 0.2) is 0 Å². The van der Waals surface area contributed by atoms with Crippen molar-refractivity contribution in [2.24, 2.45) is 0 Å². The molecule has 0 amide bonds. The lowest BCUT2D eigenvalue weighted by molar-refractivity contribution is 0.00334. The zero-order valence-electron chi connectivity index (χ0n) is 10.0. The second kappa shape index (κ2) is 5.16. The maximum atomic E-state index is 13.1. The second-order valence-electron chi connectivity index (χ2n) is 4.59. The Morgan fingerprint density at radius 3 is 2.69 bits per heavy atom. The van der Waals surface area contributed by atoms with Crippen LogP contribution in [0.25, 0.3) is 0 Å². The van der Waals surface area contributed by atoms with Gasteiger partial charge in [-0.2, -0.15) is 0 Å². The van der Waals surface area contributed by atoms with Crippen LogP contribution in [0.5, 0.6) is 0 Å². The molecule has 0 unspecified atom stereocenters. The third kappa shape index (κ3) is 4.06. The Morgan fingerprint density at radius 2 is 2.06 bits per heavy atom. The number of rotatable bonds is 4. The van der Waals surface area contributed by atoms with Gasteiger partial charge in [0, 0.05) is 6.54 Å². The summed E-state index contributed by atoms with van der Waals surface area (Å²) in [5, 5.41) is 3.04. The third-order valence-corrected chi connectivity index (χ3v) is 2.01. The molecule has 0 aliphatic rings. The molecule has 3 N–H and O–H groups in total. The number of anilines is 2. The molecule has 0 aromatic heterocycles. The molecule has 0 saturated heterocycles. The van der Waals surface area contributed by atoms with Crippen LogP contribution in [0.15, 0.2) is 18.2 Å². The van der Waals surface area contributed by atoms with Gasteiger partial charge in [0.1, 0.15) is 5.82 Å². The van der Waals surface area contributed by atoms with E-state index in [2.05, 4.69) is 5.32 Å². The normalized spacial score (nSPS) is 11.5. The molecule has 0 aliphatic heterocycles. The Kier molecular flexibility index (Phi) is 4.12. The maximum absolute atomic E-state index is 13.1. The van der Waals surface area contributed by atoms with Crippen molar-refractivity contribution in [1.29, 1.82) is 0 Å². The van der Waals surface area contributed by atoms with Crippen molar-refractivity contribution in [3.05, 3.63) is 24.0 Å². The van der Waals surface area contributed by atoms with E-state index in [1.54, 1.807) is 12.1 Å². The van der Waals surface area contributed by atoms with E-state index < -0.39 is 5.82 Å². The minimum Gasteiger partial charge on any atom is -0.395 e. The number of para-hydroxylation sites is 1. The van der Waals surface area contributed by atoms with E-state index in [4.69, 9.17) is 10.5 Å². The Balaban J connectivity index is 2.41. The first kappa shape index (κ1) is 12.8. The van der Waals surface area contributed by atoms with Gasteiger partial charge in [-0.05, 0) is 32.9 Å². The second-order valence-corrected chi connectivity index (χ2v) is 4.59. The minimum atomic E-state index is -0.401. The molecule has 4 heteroatoms. The van der Waals surface area contributed by atoms with Gasteiger partial charge >= 0.3 is 0 Å². The Labute approximate surface area is 95.8 Å². The van der Waals surface area contributed by atoms with Gasteiger partial charge in [0.05, 0.1) is 23.6 Å². The fourth-order valence-electron chi connectivity index (χ4n) is 1.23. The largest absolute Gasteiger partial charge is 0.395 e. The fraction of sp³-hybridized carbons (Fsp3) is 0.500. The molecule has 16 heavy (non-hydrogen) atoms. The summed E-state index contributed by atoms with van der Waals surface area (Å²) in [6.07, 6.45) is 0. The Hall–Kier alpha value is -1.29. The molecule has 1 aromatic rings. The number of nitrogens with one attached hydrogen (secondary N) is 1. The lowest BCUT2D eigenvalue weighted by Crippen LogP contribution is -2.23. The van der Waals surface area contributed by atoms with Crippen molar-refractivity contribution in [3.63, 3.8) is 0 Å². The van der Waals surface area contributed by atoms with E-state index in [1.165, 1.54) is 6.07 Å². The number of hydrogen-bond donors (Lipinski definition) is 2. The molecule has 0 atom stereocenters. The number of hydrogen-bond acceptors (Lipinski definition) is 3. The molecule has 0 heterocycles. The Morgan fingerprint density at radius 1 is 1.38 bits per heavy atom. The SMILES string of the molecule is CC(C)(C)OCCNc1cccc(F)c1N. The summed E-state index contributed by atoms with van der Waals surface area (Å²) >= 11 is 0. The highest BCUT2D eigenvalue weighted by atomic mass is 19.1. The zero-order valence-corrected chi connectivity index (χ0v) is 10.0. The van der Waals surface area contributed by atoms with E-state index in [1.807, 2.05) is 20.8 Å². The molecule has 0 radical (unpaired) electrons. The smallest absolute Gasteiger partial charge is 0.148 e. The van der Waals surface area contributed by atoms with Crippen LogP contribution in [0.3, 0.4) is 0 Å². The monoisotopic (exact) mass is 226 g/mol. The molecule has 1 rings (SSSR count). The predicted octanol–water partition coefficient (Wildman–Crippen LogP) is 2.63. The predicted molar refractivity (Wildman–Crippen MR) is 65.0 cm³/mol. The van der Waals surface area contributed by atoms with Crippen molar-refractivity contribution in [1.82, 2.24) is 0 Å². The van der Waals surface area contributed by atoms with E-state index in [0.29, 0.717) is 18.8 Å². The van der Waals surface area contributed by atoms with Crippen LogP contribution in [0.1, 0.15) is 20.8 Å². The van der Waals surface area contributed by atoms with E-state index >= 15 is 0 Å². The highest BCUT2D eigenvalue weighted by molar-refractivity contribution is 5.66. The number of benzene rings is 1. The molecule has 3 nitrogen and oxygen atoms in total. The first-order valence-electron chi connectivity index (χ1n) is 5.32. The summed E-state index contributed by atoms with van der Waals surface area (Å²) in [6.45, 7) is 7.13. The van der Waals surface area contributed by atoms with Gasteiger partial charge in [-0.1, -0.05) is 6.07 Å². The standard InChI is InChI=1S/C12H19FN2O/c1-12(2,3)16-8-7-15-10-6-4-5-9(13)11(10)14/h4-6,15H,7-8,14H2,1-3H3. The van der Waals surface area contributed by atoms with Crippen LogP contribution in [0.4, 0.5) is 15.8 Å². The average molecular weight is 226 g/mol. The summed E-state index contributed by atoms with van der Waals surface area (Å²) in [5.41, 5.74) is 6.17. The molecule has 1 aromatic carbocycles. The van der Waals surface area contributed by atoms with Crippen LogP contribution in [0.2, 0.25) is 0 Å². The lowest BCUT2D eigenvalue weighted by Gasteiger charge is -2.20. The van der Waals surface area contributed by atoms with Crippen LogP contribution in [-0.2, 0) is 4.74 Å². The van der Waals surface area contributed by atoms with Crippen LogP contribution < -0.4 is 11.1 Å². The topological polar surface area (TPSA) is 47.3 Å². The number of ether oxygens (including phenoxy) is 1. The van der Waals surface area contributed by atoms with Crippen molar-refractivity contribution in [3.8, 4) is 0 Å². The van der Waals surface area contributed by atoms with E-state index in [0.717, 1.165) is 0 Å². The average Bonchev–Trinajstić information content (AvgIpc) is 2.17. The summed E-state index contributed by atoms with van der Waals surface area (Å²) in [4.78, 5) is 0. The maximum Gasteiger partial charge on any atom is 0.148 e. The summed E-state index contributed by atoms with van der Waals surface area (Å²) in [5.74, 6) is -0.401. The Bertz CT molecular complexity index is 347. The summed E-state index contributed by atoms with van der Waals surface area (Å²) < 4.78 is 18.6. The highest BCUT2D eigenvalue weighted by Crippen LogP contribution is 2.20. The van der Waals surface area contributed by atoms with Crippen molar-refractivity contribution >= 4 is 11.4 Å². The molecule has 0 bridgehead atoms. The molecular weight excluding hydrogens is 207 g/mol. The van der Waals surface area contributed by atoms with Gasteiger partial charge in [0.2, 0.25) is 0 Å².